The molecule has 6 heteroatoms. The van der Waals surface area contributed by atoms with Crippen molar-refractivity contribution in [3.63, 3.8) is 0 Å². The summed E-state index contributed by atoms with van der Waals surface area (Å²) in [6.45, 7) is 9.23. The minimum Gasteiger partial charge on any atom is -0.462 e. The van der Waals surface area contributed by atoms with Gasteiger partial charge in [0.2, 0.25) is 0 Å². The summed E-state index contributed by atoms with van der Waals surface area (Å²) < 4.78 is 15.0. The van der Waals surface area contributed by atoms with Crippen molar-refractivity contribution in [1.29, 1.82) is 0 Å². The predicted octanol–water partition coefficient (Wildman–Crippen LogP) is 3.09. The quantitative estimate of drug-likeness (QED) is 0.280. The molecular weight excluding hydrogens is 324 g/mol. The monoisotopic (exact) mass is 348 g/mol. The van der Waals surface area contributed by atoms with Gasteiger partial charge in [0.1, 0.15) is 24.5 Å². The Kier molecular flexibility index (Phi) is 7.85. The van der Waals surface area contributed by atoms with Crippen LogP contribution in [0.2, 0.25) is 0 Å². The SMILES string of the molecule is C=CCc1ccc(OC=O)c(C(=O)OCCOC(=O)C(C)(C)CC)c1. The molecule has 0 fully saturated rings. The molecule has 1 rings (SSSR count). The summed E-state index contributed by atoms with van der Waals surface area (Å²) in [5.74, 6) is -0.894. The van der Waals surface area contributed by atoms with Crippen LogP contribution >= 0.6 is 0 Å². The van der Waals surface area contributed by atoms with Crippen LogP contribution in [0.1, 0.15) is 43.1 Å². The molecule has 6 nitrogen and oxygen atoms in total. The summed E-state index contributed by atoms with van der Waals surface area (Å²) in [5.41, 5.74) is 0.386. The molecule has 0 heterocycles. The van der Waals surface area contributed by atoms with Gasteiger partial charge in [0.15, 0.2) is 0 Å². The molecule has 0 aliphatic rings. The van der Waals surface area contributed by atoms with Crippen LogP contribution in [0, 0.1) is 5.41 Å². The lowest BCUT2D eigenvalue weighted by atomic mass is 9.91. The zero-order valence-corrected chi connectivity index (χ0v) is 14.9. The van der Waals surface area contributed by atoms with E-state index in [9.17, 15) is 14.4 Å². The van der Waals surface area contributed by atoms with E-state index in [2.05, 4.69) is 6.58 Å². The Labute approximate surface area is 147 Å². The third kappa shape index (κ3) is 6.06. The first-order chi connectivity index (χ1) is 11.9. The molecule has 0 aromatic heterocycles. The van der Waals surface area contributed by atoms with Crippen LogP contribution in [0.15, 0.2) is 30.9 Å². The van der Waals surface area contributed by atoms with Crippen LogP contribution in [0.4, 0.5) is 0 Å². The number of ether oxygens (including phenoxy) is 3. The number of hydrogen-bond donors (Lipinski definition) is 0. The van der Waals surface area contributed by atoms with E-state index < -0.39 is 11.4 Å². The lowest BCUT2D eigenvalue weighted by Gasteiger charge is -2.20. The Morgan fingerprint density at radius 2 is 1.88 bits per heavy atom. The van der Waals surface area contributed by atoms with Crippen LogP contribution in [0.5, 0.6) is 5.75 Å². The zero-order valence-electron chi connectivity index (χ0n) is 14.9. The minimum atomic E-state index is -0.659. The van der Waals surface area contributed by atoms with Crippen molar-refractivity contribution in [1.82, 2.24) is 0 Å². The van der Waals surface area contributed by atoms with E-state index in [1.54, 1.807) is 32.1 Å². The molecule has 0 saturated heterocycles. The van der Waals surface area contributed by atoms with Gasteiger partial charge in [0, 0.05) is 0 Å². The number of allylic oxidation sites excluding steroid dienone is 1. The average Bonchev–Trinajstić information content (AvgIpc) is 2.60. The van der Waals surface area contributed by atoms with Crippen LogP contribution < -0.4 is 4.74 Å². The Bertz CT molecular complexity index is 633. The molecule has 1 aromatic carbocycles. The van der Waals surface area contributed by atoms with Gasteiger partial charge in [0.05, 0.1) is 5.41 Å². The van der Waals surface area contributed by atoms with Crippen molar-refractivity contribution in [3.8, 4) is 5.75 Å². The van der Waals surface area contributed by atoms with Gasteiger partial charge in [-0.05, 0) is 44.4 Å². The van der Waals surface area contributed by atoms with E-state index in [-0.39, 0.29) is 37.0 Å². The first-order valence-electron chi connectivity index (χ1n) is 8.04. The molecule has 0 aliphatic carbocycles. The highest BCUT2D eigenvalue weighted by Gasteiger charge is 2.27. The molecule has 0 unspecified atom stereocenters. The molecule has 1 aromatic rings. The summed E-state index contributed by atoms with van der Waals surface area (Å²) in [7, 11) is 0. The lowest BCUT2D eigenvalue weighted by molar-refractivity contribution is -0.155. The first kappa shape index (κ1) is 20.4. The van der Waals surface area contributed by atoms with Gasteiger partial charge in [-0.1, -0.05) is 19.1 Å². The van der Waals surface area contributed by atoms with Crippen molar-refractivity contribution < 1.29 is 28.6 Å². The molecule has 0 atom stereocenters. The fraction of sp³-hybridized carbons (Fsp3) is 0.421. The molecule has 0 radical (unpaired) electrons. The van der Waals surface area contributed by atoms with E-state index in [0.29, 0.717) is 12.8 Å². The molecule has 0 bridgehead atoms. The highest BCUT2D eigenvalue weighted by atomic mass is 16.6. The maximum Gasteiger partial charge on any atom is 0.342 e. The van der Waals surface area contributed by atoms with E-state index in [1.165, 1.54) is 6.07 Å². The van der Waals surface area contributed by atoms with Gasteiger partial charge in [-0.3, -0.25) is 9.59 Å². The summed E-state index contributed by atoms with van der Waals surface area (Å²) in [6.07, 6.45) is 2.90. The fourth-order valence-electron chi connectivity index (χ4n) is 1.87. The van der Waals surface area contributed by atoms with Crippen LogP contribution in [0.3, 0.4) is 0 Å². The van der Waals surface area contributed by atoms with E-state index in [4.69, 9.17) is 14.2 Å². The van der Waals surface area contributed by atoms with Gasteiger partial charge in [-0.2, -0.15) is 0 Å². The Morgan fingerprint density at radius 3 is 2.48 bits per heavy atom. The molecule has 0 N–H and O–H groups in total. The summed E-state index contributed by atoms with van der Waals surface area (Å²) >= 11 is 0. The highest BCUT2D eigenvalue weighted by Crippen LogP contribution is 2.22. The van der Waals surface area contributed by atoms with Gasteiger partial charge in [-0.25, -0.2) is 4.79 Å². The second-order valence-corrected chi connectivity index (χ2v) is 6.05. The first-order valence-corrected chi connectivity index (χ1v) is 8.04. The number of hydrogen-bond acceptors (Lipinski definition) is 6. The van der Waals surface area contributed by atoms with Gasteiger partial charge >= 0.3 is 11.9 Å². The second-order valence-electron chi connectivity index (χ2n) is 6.05. The summed E-state index contributed by atoms with van der Waals surface area (Å²) in [5, 5.41) is 0. The third-order valence-electron chi connectivity index (χ3n) is 3.81. The van der Waals surface area contributed by atoms with Gasteiger partial charge in [0.25, 0.3) is 6.47 Å². The number of carbonyl (C=O) groups excluding carboxylic acids is 3. The maximum absolute atomic E-state index is 12.2. The number of carbonyl (C=O) groups is 3. The molecular formula is C19H24O6. The van der Waals surface area contributed by atoms with E-state index >= 15 is 0 Å². The predicted molar refractivity (Wildman–Crippen MR) is 92.3 cm³/mol. The summed E-state index contributed by atoms with van der Waals surface area (Å²) in [4.78, 5) is 34.6. The van der Waals surface area contributed by atoms with Gasteiger partial charge < -0.3 is 14.2 Å². The Morgan fingerprint density at radius 1 is 1.20 bits per heavy atom. The molecule has 0 saturated carbocycles. The minimum absolute atomic E-state index is 0.0375. The van der Waals surface area contributed by atoms with Crippen molar-refractivity contribution in [3.05, 3.63) is 42.0 Å². The standard InChI is InChI=1S/C19H24O6/c1-5-7-14-8-9-16(25-13-20)15(12-14)17(21)23-10-11-24-18(22)19(3,4)6-2/h5,8-9,12-13H,1,6-7,10-11H2,2-4H3. The van der Waals surface area contributed by atoms with Gasteiger partial charge in [-0.15, -0.1) is 6.58 Å². The second kappa shape index (κ2) is 9.61. The van der Waals surface area contributed by atoms with E-state index in [1.807, 2.05) is 6.92 Å². The molecule has 0 spiro atoms. The van der Waals surface area contributed by atoms with Crippen LogP contribution in [-0.2, 0) is 25.5 Å². The fourth-order valence-corrected chi connectivity index (χ4v) is 1.87. The maximum atomic E-state index is 12.2. The third-order valence-corrected chi connectivity index (χ3v) is 3.81. The number of benzene rings is 1. The van der Waals surface area contributed by atoms with E-state index in [0.717, 1.165) is 5.56 Å². The highest BCUT2D eigenvalue weighted by molar-refractivity contribution is 5.93. The Hall–Kier alpha value is -2.63. The Balaban J connectivity index is 2.67. The number of rotatable bonds is 10. The largest absolute Gasteiger partial charge is 0.462 e. The molecule has 0 aliphatic heterocycles. The molecule has 136 valence electrons. The van der Waals surface area contributed by atoms with Crippen molar-refractivity contribution in [2.45, 2.75) is 33.6 Å². The molecule has 25 heavy (non-hydrogen) atoms. The molecule has 0 amide bonds. The van der Waals surface area contributed by atoms with Crippen molar-refractivity contribution >= 4 is 18.4 Å². The van der Waals surface area contributed by atoms with Crippen LogP contribution in [-0.4, -0.2) is 31.6 Å². The smallest absolute Gasteiger partial charge is 0.342 e. The number of esters is 2. The average molecular weight is 348 g/mol. The summed E-state index contributed by atoms with van der Waals surface area (Å²) in [6, 6.07) is 4.83. The normalized spacial score (nSPS) is 10.7. The van der Waals surface area contributed by atoms with Crippen LogP contribution in [0.25, 0.3) is 0 Å². The van der Waals surface area contributed by atoms with Crippen molar-refractivity contribution in [2.24, 2.45) is 5.41 Å². The zero-order chi connectivity index (χ0) is 18.9. The lowest BCUT2D eigenvalue weighted by Crippen LogP contribution is -2.27. The topological polar surface area (TPSA) is 78.9 Å². The van der Waals surface area contributed by atoms with Crippen molar-refractivity contribution in [2.75, 3.05) is 13.2 Å².